The van der Waals surface area contributed by atoms with Gasteiger partial charge in [-0.1, -0.05) is 48.0 Å². The zero-order valence-electron chi connectivity index (χ0n) is 19.0. The Morgan fingerprint density at radius 1 is 1.03 bits per heavy atom. The van der Waals surface area contributed by atoms with Crippen molar-refractivity contribution in [2.24, 2.45) is 0 Å². The summed E-state index contributed by atoms with van der Waals surface area (Å²) in [6, 6.07) is 13.2. The fourth-order valence-corrected chi connectivity index (χ4v) is 4.30. The summed E-state index contributed by atoms with van der Waals surface area (Å²) in [7, 11) is -3.80. The van der Waals surface area contributed by atoms with Crippen molar-refractivity contribution in [3.63, 3.8) is 0 Å². The van der Waals surface area contributed by atoms with Crippen LogP contribution in [0.1, 0.15) is 31.9 Å². The molecule has 0 fully saturated rings. The van der Waals surface area contributed by atoms with Gasteiger partial charge in [-0.3, -0.25) is 13.9 Å². The topological polar surface area (TPSA) is 86.8 Å². The summed E-state index contributed by atoms with van der Waals surface area (Å²) >= 11 is 6.19. The lowest BCUT2D eigenvalue weighted by atomic mass is 10.1. The van der Waals surface area contributed by atoms with E-state index in [1.165, 1.54) is 4.90 Å². The van der Waals surface area contributed by atoms with E-state index in [0.29, 0.717) is 16.3 Å². The third-order valence-corrected chi connectivity index (χ3v) is 6.52. The predicted octanol–water partition coefficient (Wildman–Crippen LogP) is 3.36. The number of nitrogens with one attached hydrogen (secondary N) is 1. The molecule has 0 spiro atoms. The molecule has 2 aromatic carbocycles. The number of anilines is 1. The molecule has 32 heavy (non-hydrogen) atoms. The number of halogens is 1. The van der Waals surface area contributed by atoms with Gasteiger partial charge in [0.2, 0.25) is 21.8 Å². The number of hydrogen-bond donors (Lipinski definition) is 1. The van der Waals surface area contributed by atoms with Gasteiger partial charge >= 0.3 is 0 Å². The monoisotopic (exact) mass is 479 g/mol. The second-order valence-corrected chi connectivity index (χ2v) is 10.3. The van der Waals surface area contributed by atoms with Gasteiger partial charge in [0.25, 0.3) is 0 Å². The Kier molecular flexibility index (Phi) is 8.69. The molecule has 2 amide bonds. The van der Waals surface area contributed by atoms with E-state index in [1.807, 2.05) is 44.2 Å². The first kappa shape index (κ1) is 25.7. The summed E-state index contributed by atoms with van der Waals surface area (Å²) in [6.45, 7) is 6.71. The van der Waals surface area contributed by atoms with Crippen LogP contribution in [0.5, 0.6) is 0 Å². The van der Waals surface area contributed by atoms with E-state index in [4.69, 9.17) is 11.6 Å². The van der Waals surface area contributed by atoms with Crippen LogP contribution in [0.3, 0.4) is 0 Å². The highest BCUT2D eigenvalue weighted by atomic mass is 35.5. The normalized spacial score (nSPS) is 12.3. The fraction of sp³-hybridized carbons (Fsp3) is 0.391. The van der Waals surface area contributed by atoms with E-state index in [9.17, 15) is 18.0 Å². The first-order chi connectivity index (χ1) is 14.9. The number of nitrogens with zero attached hydrogens (tertiary/aromatic N) is 2. The van der Waals surface area contributed by atoms with Gasteiger partial charge in [-0.25, -0.2) is 8.42 Å². The maximum absolute atomic E-state index is 13.4. The number of carbonyl (C=O) groups excluding carboxylic acids is 2. The van der Waals surface area contributed by atoms with Crippen molar-refractivity contribution >= 4 is 39.1 Å². The molecular formula is C23H30ClN3O4S. The van der Waals surface area contributed by atoms with Crippen molar-refractivity contribution in [3.05, 3.63) is 64.7 Å². The van der Waals surface area contributed by atoms with E-state index >= 15 is 0 Å². The molecule has 0 radical (unpaired) electrons. The van der Waals surface area contributed by atoms with E-state index in [2.05, 4.69) is 5.32 Å². The molecule has 2 rings (SSSR count). The standard InChI is InChI=1S/C23H30ClN3O4S/c1-16(2)25-23(29)18(4)26(14-19-10-7-6-8-11-19)22(28)15-27(32(5,30)31)21-13-9-12-20(24)17(21)3/h6-13,16,18H,14-15H2,1-5H3,(H,25,29). The number of amides is 2. The largest absolute Gasteiger partial charge is 0.352 e. The van der Waals surface area contributed by atoms with Crippen molar-refractivity contribution in [3.8, 4) is 0 Å². The van der Waals surface area contributed by atoms with Crippen molar-refractivity contribution in [2.45, 2.75) is 46.3 Å². The Balaban J connectivity index is 2.41. The van der Waals surface area contributed by atoms with E-state index in [-0.39, 0.29) is 18.5 Å². The summed E-state index contributed by atoms with van der Waals surface area (Å²) in [4.78, 5) is 27.5. The van der Waals surface area contributed by atoms with Crippen LogP contribution in [-0.4, -0.2) is 50.0 Å². The van der Waals surface area contributed by atoms with Crippen LogP contribution in [0.4, 0.5) is 5.69 Å². The van der Waals surface area contributed by atoms with Gasteiger partial charge in [0.05, 0.1) is 11.9 Å². The predicted molar refractivity (Wildman–Crippen MR) is 128 cm³/mol. The number of sulfonamides is 1. The summed E-state index contributed by atoms with van der Waals surface area (Å²) in [5.74, 6) is -0.806. The molecule has 9 heteroatoms. The second kappa shape index (κ2) is 10.8. The van der Waals surface area contributed by atoms with E-state index in [0.717, 1.165) is 16.1 Å². The fourth-order valence-electron chi connectivity index (χ4n) is 3.23. The minimum absolute atomic E-state index is 0.0970. The molecule has 0 aliphatic heterocycles. The third kappa shape index (κ3) is 6.71. The van der Waals surface area contributed by atoms with Crippen molar-refractivity contribution in [1.29, 1.82) is 0 Å². The summed E-state index contributed by atoms with van der Waals surface area (Å²) in [6.07, 6.45) is 1.04. The number of carbonyl (C=O) groups is 2. The van der Waals surface area contributed by atoms with Crippen LogP contribution in [0.2, 0.25) is 5.02 Å². The van der Waals surface area contributed by atoms with Crippen LogP contribution in [0.15, 0.2) is 48.5 Å². The molecule has 0 saturated carbocycles. The second-order valence-electron chi connectivity index (χ2n) is 8.00. The minimum atomic E-state index is -3.80. The molecule has 7 nitrogen and oxygen atoms in total. The molecular weight excluding hydrogens is 450 g/mol. The Labute approximate surface area is 195 Å². The highest BCUT2D eigenvalue weighted by Gasteiger charge is 2.30. The van der Waals surface area contributed by atoms with Crippen LogP contribution in [0, 0.1) is 6.92 Å². The molecule has 0 bridgehead atoms. The molecule has 0 saturated heterocycles. The molecule has 1 atom stereocenters. The third-order valence-electron chi connectivity index (χ3n) is 4.98. The average molecular weight is 480 g/mol. The Hall–Kier alpha value is -2.58. The lowest BCUT2D eigenvalue weighted by molar-refractivity contribution is -0.139. The van der Waals surface area contributed by atoms with Gasteiger partial charge in [0, 0.05) is 17.6 Å². The van der Waals surface area contributed by atoms with Gasteiger partial charge in [-0.2, -0.15) is 0 Å². The van der Waals surface area contributed by atoms with E-state index < -0.39 is 28.5 Å². The van der Waals surface area contributed by atoms with Gasteiger partial charge in [-0.05, 0) is 51.0 Å². The molecule has 0 aliphatic rings. The van der Waals surface area contributed by atoms with Crippen molar-refractivity contribution < 1.29 is 18.0 Å². The summed E-state index contributed by atoms with van der Waals surface area (Å²) in [5.41, 5.74) is 1.70. The lowest BCUT2D eigenvalue weighted by Crippen LogP contribution is -2.52. The van der Waals surface area contributed by atoms with Crippen LogP contribution >= 0.6 is 11.6 Å². The zero-order valence-corrected chi connectivity index (χ0v) is 20.6. The van der Waals surface area contributed by atoms with Gasteiger partial charge in [-0.15, -0.1) is 0 Å². The first-order valence-corrected chi connectivity index (χ1v) is 12.5. The van der Waals surface area contributed by atoms with Crippen molar-refractivity contribution in [2.75, 3.05) is 17.1 Å². The molecule has 1 N–H and O–H groups in total. The number of benzene rings is 2. The van der Waals surface area contributed by atoms with Crippen molar-refractivity contribution in [1.82, 2.24) is 10.2 Å². The van der Waals surface area contributed by atoms with Crippen LogP contribution in [0.25, 0.3) is 0 Å². The molecule has 0 aromatic heterocycles. The molecule has 2 aromatic rings. The molecule has 0 aliphatic carbocycles. The minimum Gasteiger partial charge on any atom is -0.352 e. The highest BCUT2D eigenvalue weighted by Crippen LogP contribution is 2.28. The Bertz CT molecular complexity index is 1060. The Morgan fingerprint density at radius 3 is 2.22 bits per heavy atom. The Morgan fingerprint density at radius 2 is 1.66 bits per heavy atom. The van der Waals surface area contributed by atoms with Crippen LogP contribution in [-0.2, 0) is 26.2 Å². The van der Waals surface area contributed by atoms with E-state index in [1.54, 1.807) is 32.0 Å². The molecule has 174 valence electrons. The molecule has 1 unspecified atom stereocenters. The number of rotatable bonds is 9. The maximum atomic E-state index is 13.4. The smallest absolute Gasteiger partial charge is 0.244 e. The quantitative estimate of drug-likeness (QED) is 0.597. The van der Waals surface area contributed by atoms with Gasteiger partial charge < -0.3 is 10.2 Å². The summed E-state index contributed by atoms with van der Waals surface area (Å²) in [5, 5.41) is 3.21. The highest BCUT2D eigenvalue weighted by molar-refractivity contribution is 7.92. The molecule has 0 heterocycles. The average Bonchev–Trinajstić information content (AvgIpc) is 2.71. The van der Waals surface area contributed by atoms with Gasteiger partial charge in [0.1, 0.15) is 12.6 Å². The van der Waals surface area contributed by atoms with Gasteiger partial charge in [0.15, 0.2) is 0 Å². The summed E-state index contributed by atoms with van der Waals surface area (Å²) < 4.78 is 26.2. The lowest BCUT2D eigenvalue weighted by Gasteiger charge is -2.32. The SMILES string of the molecule is Cc1c(Cl)cccc1N(CC(=O)N(Cc1ccccc1)C(C)C(=O)NC(C)C)S(C)(=O)=O. The first-order valence-electron chi connectivity index (χ1n) is 10.3. The zero-order chi connectivity index (χ0) is 24.1. The maximum Gasteiger partial charge on any atom is 0.244 e. The number of hydrogen-bond acceptors (Lipinski definition) is 4. The van der Waals surface area contributed by atoms with Crippen LogP contribution < -0.4 is 9.62 Å².